The number of phenols is 1. The van der Waals surface area contributed by atoms with Gasteiger partial charge in [0.1, 0.15) is 5.75 Å². The molecule has 0 amide bonds. The molecule has 0 atom stereocenters. The molecule has 1 aromatic heterocycles. The van der Waals surface area contributed by atoms with Crippen molar-refractivity contribution < 1.29 is 5.11 Å². The normalized spacial score (nSPS) is 11.9. The maximum atomic E-state index is 9.65. The predicted molar refractivity (Wildman–Crippen MR) is 62.1 cm³/mol. The summed E-state index contributed by atoms with van der Waals surface area (Å²) in [7, 11) is 0. The fourth-order valence-electron chi connectivity index (χ4n) is 1.75. The highest BCUT2D eigenvalue weighted by atomic mass is 16.3. The molecule has 0 aliphatic heterocycles. The molecule has 0 spiro atoms. The van der Waals surface area contributed by atoms with Gasteiger partial charge in [-0.15, -0.1) is 0 Å². The fourth-order valence-corrected chi connectivity index (χ4v) is 1.75. The number of aromatic nitrogens is 1. The predicted octanol–water partition coefficient (Wildman–Crippen LogP) is 3.24. The number of phenolic OH excluding ortho intramolecular Hbond substituents is 1. The van der Waals surface area contributed by atoms with Gasteiger partial charge >= 0.3 is 0 Å². The minimum atomic E-state index is -0.00859. The second kappa shape index (κ2) is 3.23. The molecule has 1 aromatic carbocycles. The van der Waals surface area contributed by atoms with Crippen LogP contribution < -0.4 is 0 Å². The van der Waals surface area contributed by atoms with Crippen molar-refractivity contribution in [1.82, 2.24) is 4.98 Å². The number of aromatic hydroxyl groups is 1. The number of fused-ring (bicyclic) bond motifs is 1. The Labute approximate surface area is 89.6 Å². The summed E-state index contributed by atoms with van der Waals surface area (Å²) in [6.07, 6.45) is 1.79. The van der Waals surface area contributed by atoms with Gasteiger partial charge in [-0.25, -0.2) is 0 Å². The Morgan fingerprint density at radius 2 is 1.93 bits per heavy atom. The first-order valence-electron chi connectivity index (χ1n) is 5.07. The van der Waals surface area contributed by atoms with Crippen molar-refractivity contribution >= 4 is 10.9 Å². The molecule has 15 heavy (non-hydrogen) atoms. The molecule has 2 aromatic rings. The lowest BCUT2D eigenvalue weighted by atomic mass is 9.85. The summed E-state index contributed by atoms with van der Waals surface area (Å²) >= 11 is 0. The van der Waals surface area contributed by atoms with Gasteiger partial charge in [-0.1, -0.05) is 26.8 Å². The van der Waals surface area contributed by atoms with Gasteiger partial charge in [-0.3, -0.25) is 4.98 Å². The van der Waals surface area contributed by atoms with Gasteiger partial charge in [0.05, 0.1) is 5.52 Å². The van der Waals surface area contributed by atoms with E-state index >= 15 is 0 Å². The summed E-state index contributed by atoms with van der Waals surface area (Å²) < 4.78 is 0. The van der Waals surface area contributed by atoms with E-state index in [0.717, 1.165) is 16.5 Å². The zero-order valence-corrected chi connectivity index (χ0v) is 9.28. The van der Waals surface area contributed by atoms with Crippen LogP contribution in [0.5, 0.6) is 5.75 Å². The minimum Gasteiger partial charge on any atom is -0.508 e. The van der Waals surface area contributed by atoms with E-state index in [4.69, 9.17) is 0 Å². The second-order valence-electron chi connectivity index (χ2n) is 4.82. The molecule has 0 saturated heterocycles. The zero-order chi connectivity index (χ0) is 11.1. The molecule has 2 heteroatoms. The van der Waals surface area contributed by atoms with E-state index in [1.807, 2.05) is 12.1 Å². The first kappa shape index (κ1) is 9.97. The quantitative estimate of drug-likeness (QED) is 0.709. The SMILES string of the molecule is CC(C)(C)c1cc(O)cc2cccnc12. The second-order valence-corrected chi connectivity index (χ2v) is 4.82. The number of pyridine rings is 1. The Morgan fingerprint density at radius 3 is 2.60 bits per heavy atom. The first-order valence-corrected chi connectivity index (χ1v) is 5.07. The molecule has 0 unspecified atom stereocenters. The maximum Gasteiger partial charge on any atom is 0.116 e. The third-order valence-electron chi connectivity index (χ3n) is 2.50. The molecule has 0 fully saturated rings. The lowest BCUT2D eigenvalue weighted by Gasteiger charge is -2.20. The standard InChI is InChI=1S/C13H15NO/c1-13(2,3)11-8-10(15)7-9-5-4-6-14-12(9)11/h4-8,15H,1-3H3. The largest absolute Gasteiger partial charge is 0.508 e. The van der Waals surface area contributed by atoms with Crippen LogP contribution in [0, 0.1) is 0 Å². The van der Waals surface area contributed by atoms with Crippen molar-refractivity contribution in [3.8, 4) is 5.75 Å². The van der Waals surface area contributed by atoms with Gasteiger partial charge in [0.2, 0.25) is 0 Å². The van der Waals surface area contributed by atoms with E-state index in [0.29, 0.717) is 5.75 Å². The average Bonchev–Trinajstić information content (AvgIpc) is 2.15. The Morgan fingerprint density at radius 1 is 1.20 bits per heavy atom. The lowest BCUT2D eigenvalue weighted by molar-refractivity contribution is 0.472. The maximum absolute atomic E-state index is 9.65. The van der Waals surface area contributed by atoms with E-state index in [-0.39, 0.29) is 5.41 Å². The highest BCUT2D eigenvalue weighted by molar-refractivity contribution is 5.84. The Bertz CT molecular complexity index is 497. The van der Waals surface area contributed by atoms with E-state index in [1.165, 1.54) is 0 Å². The minimum absolute atomic E-state index is 0.00859. The van der Waals surface area contributed by atoms with Gasteiger partial charge in [0, 0.05) is 11.6 Å². The molecule has 2 nitrogen and oxygen atoms in total. The van der Waals surface area contributed by atoms with Crippen molar-refractivity contribution in [2.24, 2.45) is 0 Å². The topological polar surface area (TPSA) is 33.1 Å². The van der Waals surface area contributed by atoms with E-state index in [2.05, 4.69) is 25.8 Å². The molecule has 0 radical (unpaired) electrons. The van der Waals surface area contributed by atoms with Crippen LogP contribution in [0.4, 0.5) is 0 Å². The van der Waals surface area contributed by atoms with Crippen molar-refractivity contribution in [3.05, 3.63) is 36.0 Å². The van der Waals surface area contributed by atoms with Gasteiger partial charge in [-0.05, 0) is 29.2 Å². The number of hydrogen-bond acceptors (Lipinski definition) is 2. The van der Waals surface area contributed by atoms with Gasteiger partial charge in [0.15, 0.2) is 0 Å². The lowest BCUT2D eigenvalue weighted by Crippen LogP contribution is -2.12. The zero-order valence-electron chi connectivity index (χ0n) is 9.28. The van der Waals surface area contributed by atoms with Crippen LogP contribution in [0.25, 0.3) is 10.9 Å². The highest BCUT2D eigenvalue weighted by Gasteiger charge is 2.18. The number of benzene rings is 1. The van der Waals surface area contributed by atoms with Gasteiger partial charge in [-0.2, -0.15) is 0 Å². The van der Waals surface area contributed by atoms with Crippen LogP contribution in [-0.2, 0) is 5.41 Å². The highest BCUT2D eigenvalue weighted by Crippen LogP contribution is 2.31. The van der Waals surface area contributed by atoms with Crippen LogP contribution in [-0.4, -0.2) is 10.1 Å². The third-order valence-corrected chi connectivity index (χ3v) is 2.50. The van der Waals surface area contributed by atoms with E-state index < -0.39 is 0 Å². The monoisotopic (exact) mass is 201 g/mol. The fraction of sp³-hybridized carbons (Fsp3) is 0.308. The number of hydrogen-bond donors (Lipinski definition) is 1. The smallest absolute Gasteiger partial charge is 0.116 e. The Balaban J connectivity index is 2.83. The van der Waals surface area contributed by atoms with Crippen LogP contribution in [0.3, 0.4) is 0 Å². The van der Waals surface area contributed by atoms with Crippen LogP contribution in [0.1, 0.15) is 26.3 Å². The van der Waals surface area contributed by atoms with Crippen molar-refractivity contribution in [2.45, 2.75) is 26.2 Å². The molecule has 0 aliphatic rings. The van der Waals surface area contributed by atoms with Gasteiger partial charge < -0.3 is 5.11 Å². The van der Waals surface area contributed by atoms with Crippen molar-refractivity contribution in [2.75, 3.05) is 0 Å². The summed E-state index contributed by atoms with van der Waals surface area (Å²) in [5.74, 6) is 0.306. The average molecular weight is 201 g/mol. The first-order chi connectivity index (χ1) is 6.98. The van der Waals surface area contributed by atoms with Crippen molar-refractivity contribution in [3.63, 3.8) is 0 Å². The molecule has 0 bridgehead atoms. The summed E-state index contributed by atoms with van der Waals surface area (Å²) in [4.78, 5) is 4.38. The summed E-state index contributed by atoms with van der Waals surface area (Å²) in [5.41, 5.74) is 2.05. The number of nitrogens with zero attached hydrogens (tertiary/aromatic N) is 1. The Kier molecular flexibility index (Phi) is 2.14. The molecule has 1 N–H and O–H groups in total. The third kappa shape index (κ3) is 1.80. The summed E-state index contributed by atoms with van der Waals surface area (Å²) in [5, 5.41) is 10.6. The molecule has 78 valence electrons. The van der Waals surface area contributed by atoms with Gasteiger partial charge in [0.25, 0.3) is 0 Å². The van der Waals surface area contributed by atoms with Crippen LogP contribution in [0.2, 0.25) is 0 Å². The summed E-state index contributed by atoms with van der Waals surface area (Å²) in [6.45, 7) is 6.36. The molecular weight excluding hydrogens is 186 g/mol. The van der Waals surface area contributed by atoms with Crippen LogP contribution in [0.15, 0.2) is 30.5 Å². The molecule has 2 rings (SSSR count). The van der Waals surface area contributed by atoms with E-state index in [9.17, 15) is 5.11 Å². The van der Waals surface area contributed by atoms with Crippen molar-refractivity contribution in [1.29, 1.82) is 0 Å². The van der Waals surface area contributed by atoms with E-state index in [1.54, 1.807) is 18.3 Å². The molecule has 0 saturated carbocycles. The Hall–Kier alpha value is -1.57. The number of rotatable bonds is 0. The molecular formula is C13H15NO. The summed E-state index contributed by atoms with van der Waals surface area (Å²) in [6, 6.07) is 7.40. The molecule has 0 aliphatic carbocycles. The van der Waals surface area contributed by atoms with Crippen LogP contribution >= 0.6 is 0 Å². The molecule has 1 heterocycles.